The molecule has 1 aromatic rings. The molecule has 1 aliphatic rings. The smallest absolute Gasteiger partial charge is 0.338 e. The Balaban J connectivity index is 1.99. The highest BCUT2D eigenvalue weighted by atomic mass is 16.6. The number of methoxy groups -OCH3 is 1. The van der Waals surface area contributed by atoms with Crippen molar-refractivity contribution in [3.8, 4) is 5.75 Å². The number of rotatable bonds is 3. The van der Waals surface area contributed by atoms with Crippen LogP contribution in [0.15, 0.2) is 24.3 Å². The van der Waals surface area contributed by atoms with Crippen LogP contribution in [-0.2, 0) is 9.47 Å². The number of carbonyl (C=O) groups is 1. The zero-order valence-corrected chi connectivity index (χ0v) is 10.5. The fraction of sp³-hybridized carbons (Fsp3) is 0.462. The molecule has 0 saturated carbocycles. The van der Waals surface area contributed by atoms with Gasteiger partial charge in [0.25, 0.3) is 0 Å². The Morgan fingerprint density at radius 3 is 2.58 bits per heavy atom. The molecule has 0 spiro atoms. The lowest BCUT2D eigenvalue weighted by Gasteiger charge is -2.31. The maximum Gasteiger partial charge on any atom is 0.338 e. The van der Waals surface area contributed by atoms with Gasteiger partial charge in [0.2, 0.25) is 0 Å². The number of carbonyl (C=O) groups excluding carboxylic acids is 1. The van der Waals surface area contributed by atoms with Gasteiger partial charge in [-0.05, 0) is 24.3 Å². The molecule has 2 N–H and O–H groups in total. The van der Waals surface area contributed by atoms with Gasteiger partial charge in [-0.25, -0.2) is 4.79 Å². The predicted octanol–water partition coefficient (Wildman–Crippen LogP) is -0.0274. The van der Waals surface area contributed by atoms with Crippen LogP contribution in [0.25, 0.3) is 0 Å². The van der Waals surface area contributed by atoms with Crippen molar-refractivity contribution in [1.29, 1.82) is 0 Å². The molecule has 0 aromatic heterocycles. The first kappa shape index (κ1) is 13.8. The first-order valence-electron chi connectivity index (χ1n) is 5.90. The fourth-order valence-electron chi connectivity index (χ4n) is 1.79. The summed E-state index contributed by atoms with van der Waals surface area (Å²) in [7, 11) is 1.53. The average molecular weight is 268 g/mol. The first-order valence-corrected chi connectivity index (χ1v) is 5.90. The molecular weight excluding hydrogens is 252 g/mol. The molecule has 3 atom stereocenters. The largest absolute Gasteiger partial charge is 0.497 e. The second kappa shape index (κ2) is 6.01. The van der Waals surface area contributed by atoms with Gasteiger partial charge >= 0.3 is 5.97 Å². The van der Waals surface area contributed by atoms with E-state index in [1.54, 1.807) is 24.3 Å². The van der Waals surface area contributed by atoms with Gasteiger partial charge in [0.05, 0.1) is 25.9 Å². The lowest BCUT2D eigenvalue weighted by molar-refractivity contribution is -0.152. The summed E-state index contributed by atoms with van der Waals surface area (Å²) >= 11 is 0. The van der Waals surface area contributed by atoms with Crippen LogP contribution in [0.1, 0.15) is 10.4 Å². The Morgan fingerprint density at radius 1 is 1.26 bits per heavy atom. The van der Waals surface area contributed by atoms with E-state index in [1.165, 1.54) is 7.11 Å². The second-order valence-electron chi connectivity index (χ2n) is 4.27. The third kappa shape index (κ3) is 3.23. The lowest BCUT2D eigenvalue weighted by atomic mass is 10.1. The quantitative estimate of drug-likeness (QED) is 0.749. The Labute approximate surface area is 110 Å². The van der Waals surface area contributed by atoms with E-state index in [0.29, 0.717) is 11.3 Å². The summed E-state index contributed by atoms with van der Waals surface area (Å²) in [5, 5.41) is 19.1. The Kier molecular flexibility index (Phi) is 4.36. The summed E-state index contributed by atoms with van der Waals surface area (Å²) in [5.41, 5.74) is 0.341. The number of esters is 1. The van der Waals surface area contributed by atoms with E-state index in [1.807, 2.05) is 0 Å². The molecule has 1 aliphatic heterocycles. The molecular formula is C13H16O6. The van der Waals surface area contributed by atoms with Crippen molar-refractivity contribution in [2.75, 3.05) is 20.3 Å². The molecule has 0 bridgehead atoms. The van der Waals surface area contributed by atoms with Crippen molar-refractivity contribution in [3.63, 3.8) is 0 Å². The van der Waals surface area contributed by atoms with Crippen LogP contribution in [0.5, 0.6) is 5.75 Å². The summed E-state index contributed by atoms with van der Waals surface area (Å²) < 4.78 is 15.1. The Bertz CT molecular complexity index is 429. The third-order valence-electron chi connectivity index (χ3n) is 2.93. The number of aliphatic hydroxyl groups is 2. The van der Waals surface area contributed by atoms with E-state index in [9.17, 15) is 15.0 Å². The highest BCUT2D eigenvalue weighted by molar-refractivity contribution is 5.89. The SMILES string of the molecule is COc1ccc(C(=O)OC2COCC(O)C2O)cc1. The molecule has 0 radical (unpaired) electrons. The maximum atomic E-state index is 11.9. The molecule has 19 heavy (non-hydrogen) atoms. The number of hydrogen-bond donors (Lipinski definition) is 2. The van der Waals surface area contributed by atoms with Gasteiger partial charge in [0, 0.05) is 0 Å². The number of ether oxygens (including phenoxy) is 3. The van der Waals surface area contributed by atoms with Crippen molar-refractivity contribution >= 4 is 5.97 Å². The van der Waals surface area contributed by atoms with Gasteiger partial charge in [-0.1, -0.05) is 0 Å². The van der Waals surface area contributed by atoms with Gasteiger partial charge in [0.15, 0.2) is 6.10 Å². The molecule has 1 saturated heterocycles. The standard InChI is InChI=1S/C13H16O6/c1-17-9-4-2-8(3-5-9)13(16)19-11-7-18-6-10(14)12(11)15/h2-5,10-12,14-15H,6-7H2,1H3. The minimum atomic E-state index is -1.13. The second-order valence-corrected chi connectivity index (χ2v) is 4.27. The molecule has 0 aliphatic carbocycles. The van der Waals surface area contributed by atoms with E-state index in [-0.39, 0.29) is 13.2 Å². The van der Waals surface area contributed by atoms with E-state index < -0.39 is 24.3 Å². The summed E-state index contributed by atoms with van der Waals surface area (Å²) in [6.45, 7) is 0.109. The van der Waals surface area contributed by atoms with E-state index >= 15 is 0 Å². The van der Waals surface area contributed by atoms with E-state index in [4.69, 9.17) is 14.2 Å². The van der Waals surface area contributed by atoms with Crippen molar-refractivity contribution in [3.05, 3.63) is 29.8 Å². The lowest BCUT2D eigenvalue weighted by Crippen LogP contribution is -2.49. The third-order valence-corrected chi connectivity index (χ3v) is 2.93. The Morgan fingerprint density at radius 2 is 1.95 bits per heavy atom. The van der Waals surface area contributed by atoms with Crippen molar-refractivity contribution in [2.45, 2.75) is 18.3 Å². The molecule has 6 nitrogen and oxygen atoms in total. The molecule has 2 rings (SSSR count). The topological polar surface area (TPSA) is 85.2 Å². The number of hydrogen-bond acceptors (Lipinski definition) is 6. The Hall–Kier alpha value is -1.63. The zero-order chi connectivity index (χ0) is 13.8. The van der Waals surface area contributed by atoms with E-state index in [0.717, 1.165) is 0 Å². The van der Waals surface area contributed by atoms with Crippen molar-refractivity contribution < 1.29 is 29.2 Å². The summed E-state index contributed by atoms with van der Waals surface area (Å²) in [4.78, 5) is 11.9. The average Bonchev–Trinajstić information content (AvgIpc) is 2.44. The minimum Gasteiger partial charge on any atom is -0.497 e. The van der Waals surface area contributed by atoms with Crippen LogP contribution in [0.4, 0.5) is 0 Å². The zero-order valence-electron chi connectivity index (χ0n) is 10.5. The molecule has 1 aromatic carbocycles. The molecule has 3 unspecified atom stereocenters. The van der Waals surface area contributed by atoms with Gasteiger partial charge in [0.1, 0.15) is 18.0 Å². The predicted molar refractivity (Wildman–Crippen MR) is 65.0 cm³/mol. The normalized spacial score (nSPS) is 26.8. The molecule has 1 heterocycles. The molecule has 1 fully saturated rings. The fourth-order valence-corrected chi connectivity index (χ4v) is 1.79. The highest BCUT2D eigenvalue weighted by Crippen LogP contribution is 2.16. The van der Waals surface area contributed by atoms with Crippen LogP contribution in [0.3, 0.4) is 0 Å². The monoisotopic (exact) mass is 268 g/mol. The summed E-state index contributed by atoms with van der Waals surface area (Å²) in [5.74, 6) is 0.0532. The van der Waals surface area contributed by atoms with Gasteiger partial charge < -0.3 is 24.4 Å². The van der Waals surface area contributed by atoms with Gasteiger partial charge in [-0.3, -0.25) is 0 Å². The minimum absolute atomic E-state index is 0.0394. The highest BCUT2D eigenvalue weighted by Gasteiger charge is 2.34. The molecule has 0 amide bonds. The maximum absolute atomic E-state index is 11.9. The summed E-state index contributed by atoms with van der Waals surface area (Å²) in [6, 6.07) is 6.40. The summed E-state index contributed by atoms with van der Waals surface area (Å²) in [6.07, 6.45) is -3.03. The number of benzene rings is 1. The van der Waals surface area contributed by atoms with E-state index in [2.05, 4.69) is 0 Å². The van der Waals surface area contributed by atoms with Gasteiger partial charge in [-0.15, -0.1) is 0 Å². The molecule has 104 valence electrons. The van der Waals surface area contributed by atoms with Crippen molar-refractivity contribution in [1.82, 2.24) is 0 Å². The number of aliphatic hydroxyl groups excluding tert-OH is 2. The van der Waals surface area contributed by atoms with Crippen molar-refractivity contribution in [2.24, 2.45) is 0 Å². The van der Waals surface area contributed by atoms with Crippen LogP contribution in [0, 0.1) is 0 Å². The van der Waals surface area contributed by atoms with Crippen LogP contribution in [0.2, 0.25) is 0 Å². The first-order chi connectivity index (χ1) is 9.11. The van der Waals surface area contributed by atoms with Crippen LogP contribution >= 0.6 is 0 Å². The van der Waals surface area contributed by atoms with Crippen LogP contribution < -0.4 is 4.74 Å². The molecule has 6 heteroatoms. The van der Waals surface area contributed by atoms with Crippen LogP contribution in [-0.4, -0.2) is 54.8 Å². The van der Waals surface area contributed by atoms with Gasteiger partial charge in [-0.2, -0.15) is 0 Å².